The van der Waals surface area contributed by atoms with Gasteiger partial charge in [-0.1, -0.05) is 30.0 Å². The molecule has 0 saturated heterocycles. The number of amides is 1. The number of fused-ring (bicyclic) bond motifs is 1. The number of benzene rings is 1. The number of hydrogen-bond acceptors (Lipinski definition) is 6. The predicted molar refractivity (Wildman–Crippen MR) is 83.5 cm³/mol. The van der Waals surface area contributed by atoms with E-state index in [2.05, 4.69) is 16.9 Å². The van der Waals surface area contributed by atoms with Crippen LogP contribution in [0.15, 0.2) is 46.6 Å². The monoisotopic (exact) mass is 320 g/mol. The van der Waals surface area contributed by atoms with Gasteiger partial charge in [0.1, 0.15) is 11.3 Å². The summed E-state index contributed by atoms with van der Waals surface area (Å²) in [5.41, 5.74) is 1.39. The summed E-state index contributed by atoms with van der Waals surface area (Å²) in [5, 5.41) is 2.95. The van der Waals surface area contributed by atoms with Crippen LogP contribution in [0, 0.1) is 0 Å². The van der Waals surface area contributed by atoms with Crippen molar-refractivity contribution >= 4 is 34.7 Å². The largest absolute Gasteiger partial charge is 0.452 e. The van der Waals surface area contributed by atoms with Gasteiger partial charge in [0, 0.05) is 6.54 Å². The fourth-order valence-corrected chi connectivity index (χ4v) is 2.26. The smallest absolute Gasteiger partial charge is 0.317 e. The molecule has 1 atom stereocenters. The van der Waals surface area contributed by atoms with Crippen LogP contribution in [-0.2, 0) is 14.3 Å². The van der Waals surface area contributed by atoms with E-state index in [4.69, 9.17) is 9.15 Å². The first-order valence-electron chi connectivity index (χ1n) is 6.66. The Morgan fingerprint density at radius 2 is 2.27 bits per heavy atom. The highest BCUT2D eigenvalue weighted by atomic mass is 32.2. The summed E-state index contributed by atoms with van der Waals surface area (Å²) in [6, 6.07) is 7.33. The maximum absolute atomic E-state index is 11.7. The lowest BCUT2D eigenvalue weighted by Crippen LogP contribution is -2.36. The maximum atomic E-state index is 11.7. The second-order valence-corrected chi connectivity index (χ2v) is 5.33. The minimum Gasteiger partial charge on any atom is -0.452 e. The van der Waals surface area contributed by atoms with Gasteiger partial charge in [0.05, 0.1) is 0 Å². The summed E-state index contributed by atoms with van der Waals surface area (Å²) >= 11 is 1.13. The van der Waals surface area contributed by atoms with Gasteiger partial charge < -0.3 is 14.5 Å². The maximum Gasteiger partial charge on any atom is 0.317 e. The molecular formula is C15H16N2O4S. The first kappa shape index (κ1) is 16.1. The van der Waals surface area contributed by atoms with Gasteiger partial charge in [-0.3, -0.25) is 9.59 Å². The highest BCUT2D eigenvalue weighted by Crippen LogP contribution is 2.23. The molecule has 0 fully saturated rings. The number of thioether (sulfide) groups is 1. The lowest BCUT2D eigenvalue weighted by molar-refractivity contribution is -0.152. The van der Waals surface area contributed by atoms with E-state index in [1.807, 2.05) is 18.2 Å². The summed E-state index contributed by atoms with van der Waals surface area (Å²) < 4.78 is 10.5. The highest BCUT2D eigenvalue weighted by molar-refractivity contribution is 7.99. The number of para-hydroxylation sites is 2. The Hall–Kier alpha value is -2.28. The van der Waals surface area contributed by atoms with E-state index in [0.29, 0.717) is 17.4 Å². The molecule has 0 aliphatic carbocycles. The molecule has 2 aromatic rings. The number of oxazole rings is 1. The molecule has 1 aromatic carbocycles. The fraction of sp³-hybridized carbons (Fsp3) is 0.267. The molecule has 0 radical (unpaired) electrons. The van der Waals surface area contributed by atoms with E-state index in [1.165, 1.54) is 6.92 Å². The molecule has 0 spiro atoms. The normalized spacial score (nSPS) is 11.9. The molecule has 0 unspecified atom stereocenters. The van der Waals surface area contributed by atoms with Gasteiger partial charge in [0.15, 0.2) is 11.7 Å². The van der Waals surface area contributed by atoms with Crippen LogP contribution < -0.4 is 5.32 Å². The summed E-state index contributed by atoms with van der Waals surface area (Å²) in [6.07, 6.45) is 0.701. The van der Waals surface area contributed by atoms with Crippen LogP contribution in [0.25, 0.3) is 11.1 Å². The molecule has 7 heteroatoms. The highest BCUT2D eigenvalue weighted by Gasteiger charge is 2.18. The van der Waals surface area contributed by atoms with Gasteiger partial charge in [-0.25, -0.2) is 4.98 Å². The van der Waals surface area contributed by atoms with Crippen molar-refractivity contribution in [1.29, 1.82) is 0 Å². The second-order valence-electron chi connectivity index (χ2n) is 4.40. The van der Waals surface area contributed by atoms with Gasteiger partial charge in [-0.15, -0.1) is 6.58 Å². The molecule has 1 amide bonds. The van der Waals surface area contributed by atoms with Gasteiger partial charge in [0.25, 0.3) is 11.1 Å². The number of nitrogens with one attached hydrogen (secondary N) is 1. The van der Waals surface area contributed by atoms with Crippen LogP contribution in [0.3, 0.4) is 0 Å². The third-order valence-corrected chi connectivity index (χ3v) is 3.49. The lowest BCUT2D eigenvalue weighted by Gasteiger charge is -2.12. The molecule has 1 heterocycles. The molecule has 0 aliphatic rings. The van der Waals surface area contributed by atoms with Crippen molar-refractivity contribution in [2.75, 3.05) is 12.3 Å². The molecule has 6 nitrogen and oxygen atoms in total. The van der Waals surface area contributed by atoms with E-state index >= 15 is 0 Å². The van der Waals surface area contributed by atoms with Crippen molar-refractivity contribution in [3.05, 3.63) is 36.9 Å². The third kappa shape index (κ3) is 4.36. The van der Waals surface area contributed by atoms with Crippen LogP contribution >= 0.6 is 11.8 Å². The van der Waals surface area contributed by atoms with E-state index in [9.17, 15) is 9.59 Å². The number of aromatic nitrogens is 1. The summed E-state index contributed by atoms with van der Waals surface area (Å²) in [5.74, 6) is -0.847. The summed E-state index contributed by atoms with van der Waals surface area (Å²) in [6.45, 7) is 5.34. The Balaban J connectivity index is 1.82. The summed E-state index contributed by atoms with van der Waals surface area (Å²) in [7, 11) is 0. The molecule has 0 bridgehead atoms. The van der Waals surface area contributed by atoms with Crippen LogP contribution in [0.5, 0.6) is 0 Å². The van der Waals surface area contributed by atoms with Crippen LogP contribution in [0.1, 0.15) is 6.92 Å². The minimum atomic E-state index is -0.850. The number of nitrogens with zero attached hydrogens (tertiary/aromatic N) is 1. The average Bonchev–Trinajstić information content (AvgIpc) is 2.93. The molecule has 0 saturated carbocycles. The first-order chi connectivity index (χ1) is 10.6. The Morgan fingerprint density at radius 1 is 1.50 bits per heavy atom. The third-order valence-electron chi connectivity index (χ3n) is 2.69. The number of ether oxygens (including phenoxy) is 1. The van der Waals surface area contributed by atoms with Crippen LogP contribution in [0.4, 0.5) is 0 Å². The second kappa shape index (κ2) is 7.65. The number of carbonyl (C=O) groups excluding carboxylic acids is 2. The minimum absolute atomic E-state index is 0.0197. The predicted octanol–water partition coefficient (Wildman–Crippen LogP) is 2.15. The van der Waals surface area contributed by atoms with Crippen molar-refractivity contribution in [3.63, 3.8) is 0 Å². The molecule has 116 valence electrons. The fourth-order valence-electron chi connectivity index (χ4n) is 1.63. The topological polar surface area (TPSA) is 81.4 Å². The van der Waals surface area contributed by atoms with Gasteiger partial charge >= 0.3 is 5.97 Å². The van der Waals surface area contributed by atoms with E-state index < -0.39 is 12.1 Å². The van der Waals surface area contributed by atoms with Crippen molar-refractivity contribution in [3.8, 4) is 0 Å². The SMILES string of the molecule is C=CCNC(=O)[C@H](C)OC(=O)CSc1nc2ccccc2o1. The van der Waals surface area contributed by atoms with Crippen LogP contribution in [0.2, 0.25) is 0 Å². The van der Waals surface area contributed by atoms with Gasteiger partial charge in [0.2, 0.25) is 0 Å². The molecule has 22 heavy (non-hydrogen) atoms. The van der Waals surface area contributed by atoms with Gasteiger partial charge in [-0.05, 0) is 19.1 Å². The zero-order valence-electron chi connectivity index (χ0n) is 12.1. The molecular weight excluding hydrogens is 304 g/mol. The Kier molecular flexibility index (Phi) is 5.60. The molecule has 1 aromatic heterocycles. The number of rotatable bonds is 7. The lowest BCUT2D eigenvalue weighted by atomic mass is 10.3. The number of esters is 1. The summed E-state index contributed by atoms with van der Waals surface area (Å²) in [4.78, 5) is 27.5. The van der Waals surface area contributed by atoms with Gasteiger partial charge in [-0.2, -0.15) is 0 Å². The molecule has 2 rings (SSSR count). The molecule has 0 aliphatic heterocycles. The standard InChI is InChI=1S/C15H16N2O4S/c1-3-8-16-14(19)10(2)20-13(18)9-22-15-17-11-6-4-5-7-12(11)21-15/h3-7,10H,1,8-9H2,2H3,(H,16,19)/t10-/m0/s1. The van der Waals surface area contributed by atoms with Crippen molar-refractivity contribution in [2.24, 2.45) is 0 Å². The first-order valence-corrected chi connectivity index (χ1v) is 7.65. The zero-order valence-corrected chi connectivity index (χ0v) is 12.9. The Bertz CT molecular complexity index is 650. The molecule has 1 N–H and O–H groups in total. The van der Waals surface area contributed by atoms with E-state index in [0.717, 1.165) is 17.3 Å². The quantitative estimate of drug-likeness (QED) is 0.478. The van der Waals surface area contributed by atoms with E-state index in [-0.39, 0.29) is 11.7 Å². The number of hydrogen-bond donors (Lipinski definition) is 1. The van der Waals surface area contributed by atoms with Crippen molar-refractivity contribution in [1.82, 2.24) is 10.3 Å². The van der Waals surface area contributed by atoms with E-state index in [1.54, 1.807) is 12.1 Å². The van der Waals surface area contributed by atoms with Crippen LogP contribution in [-0.4, -0.2) is 35.3 Å². The zero-order chi connectivity index (χ0) is 15.9. The Morgan fingerprint density at radius 3 is 3.00 bits per heavy atom. The average molecular weight is 320 g/mol. The number of carbonyl (C=O) groups is 2. The van der Waals surface area contributed by atoms with Crippen molar-refractivity contribution < 1.29 is 18.7 Å². The van der Waals surface area contributed by atoms with Crippen molar-refractivity contribution in [2.45, 2.75) is 18.3 Å². The Labute approximate surface area is 131 Å².